The molecule has 2 amide bonds. The summed E-state index contributed by atoms with van der Waals surface area (Å²) in [5, 5.41) is 3.03. The number of nitrogens with two attached hydrogens (primary N) is 1. The van der Waals surface area contributed by atoms with E-state index < -0.39 is 24.1 Å². The molecule has 0 heterocycles. The Balaban J connectivity index is 2.02. The fourth-order valence-electron chi connectivity index (χ4n) is 2.72. The molecule has 0 aliphatic heterocycles. The van der Waals surface area contributed by atoms with E-state index in [9.17, 15) is 14.4 Å². The van der Waals surface area contributed by atoms with Gasteiger partial charge < -0.3 is 15.8 Å². The van der Waals surface area contributed by atoms with Gasteiger partial charge in [-0.1, -0.05) is 54.9 Å². The van der Waals surface area contributed by atoms with Crippen LogP contribution in [0.2, 0.25) is 5.02 Å². The zero-order valence-corrected chi connectivity index (χ0v) is 16.5. The molecule has 3 N–H and O–H groups in total. The largest absolute Gasteiger partial charge is 0.454 e. The molecular formula is C21H23ClN2O4. The van der Waals surface area contributed by atoms with Crippen molar-refractivity contribution < 1.29 is 19.1 Å². The number of aryl methyl sites for hydroxylation is 1. The van der Waals surface area contributed by atoms with Crippen LogP contribution in [0.4, 0.5) is 4.79 Å². The van der Waals surface area contributed by atoms with Gasteiger partial charge in [0.2, 0.25) is 5.78 Å². The Morgan fingerprint density at radius 3 is 2.21 bits per heavy atom. The van der Waals surface area contributed by atoms with Crippen molar-refractivity contribution in [3.63, 3.8) is 0 Å². The Bertz CT molecular complexity index is 834. The second-order valence-corrected chi connectivity index (χ2v) is 6.80. The second kappa shape index (κ2) is 9.90. The fraction of sp³-hybridized carbons (Fsp3) is 0.286. The molecular weight excluding hydrogens is 380 g/mol. The Labute approximate surface area is 169 Å². The molecule has 7 heteroatoms. The van der Waals surface area contributed by atoms with Crippen molar-refractivity contribution in [3.8, 4) is 0 Å². The highest BCUT2D eigenvalue weighted by atomic mass is 35.5. The summed E-state index contributed by atoms with van der Waals surface area (Å²) < 4.78 is 5.27. The molecule has 0 radical (unpaired) electrons. The summed E-state index contributed by atoms with van der Waals surface area (Å²) in [5.74, 6) is -0.915. The molecule has 6 nitrogen and oxygen atoms in total. The van der Waals surface area contributed by atoms with E-state index in [1.165, 1.54) is 6.92 Å². The number of esters is 1. The van der Waals surface area contributed by atoms with E-state index in [-0.39, 0.29) is 12.2 Å². The number of carbonyl (C=O) groups excluding carboxylic acids is 3. The number of amides is 2. The lowest BCUT2D eigenvalue weighted by Gasteiger charge is -2.19. The van der Waals surface area contributed by atoms with Gasteiger partial charge in [0.25, 0.3) is 0 Å². The highest BCUT2D eigenvalue weighted by Gasteiger charge is 2.23. The van der Waals surface area contributed by atoms with Crippen molar-refractivity contribution in [2.45, 2.75) is 38.8 Å². The Hall–Kier alpha value is -2.86. The van der Waals surface area contributed by atoms with Gasteiger partial charge in [-0.05, 0) is 36.6 Å². The topological polar surface area (TPSA) is 98.5 Å². The van der Waals surface area contributed by atoms with Gasteiger partial charge in [-0.3, -0.25) is 9.59 Å². The first-order chi connectivity index (χ1) is 13.3. The van der Waals surface area contributed by atoms with Gasteiger partial charge in [0, 0.05) is 10.6 Å². The maximum Gasteiger partial charge on any atom is 0.312 e. The average molecular weight is 403 g/mol. The number of Topliss-reactive ketones (excluding diaryl/α,β-unsaturated/α-hetero) is 1. The SMILES string of the molecule is CCc1ccc(C(=O)[C@@H](C)OC(=O)C[C@H](NC(N)=O)c2ccc(Cl)cc2)cc1. The first-order valence-electron chi connectivity index (χ1n) is 8.94. The monoisotopic (exact) mass is 402 g/mol. The van der Waals surface area contributed by atoms with Crippen LogP contribution in [0.3, 0.4) is 0 Å². The molecule has 0 aliphatic rings. The van der Waals surface area contributed by atoms with Crippen molar-refractivity contribution in [1.29, 1.82) is 0 Å². The predicted molar refractivity (Wildman–Crippen MR) is 107 cm³/mol. The van der Waals surface area contributed by atoms with Crippen LogP contribution in [0.5, 0.6) is 0 Å². The number of urea groups is 1. The highest BCUT2D eigenvalue weighted by Crippen LogP contribution is 2.20. The van der Waals surface area contributed by atoms with Crippen LogP contribution in [0.15, 0.2) is 48.5 Å². The molecule has 0 saturated heterocycles. The second-order valence-electron chi connectivity index (χ2n) is 6.36. The third-order valence-corrected chi connectivity index (χ3v) is 4.54. The molecule has 0 fully saturated rings. The fourth-order valence-corrected chi connectivity index (χ4v) is 2.85. The van der Waals surface area contributed by atoms with Crippen LogP contribution in [0.25, 0.3) is 0 Å². The van der Waals surface area contributed by atoms with Gasteiger partial charge in [0.15, 0.2) is 6.10 Å². The molecule has 2 atom stereocenters. The van der Waals surface area contributed by atoms with E-state index in [1.54, 1.807) is 36.4 Å². The number of nitrogens with one attached hydrogen (secondary N) is 1. The molecule has 0 bridgehead atoms. The minimum absolute atomic E-state index is 0.170. The summed E-state index contributed by atoms with van der Waals surface area (Å²) in [4.78, 5) is 36.1. The lowest BCUT2D eigenvalue weighted by atomic mass is 10.0. The standard InChI is InChI=1S/C21H23ClN2O4/c1-3-14-4-6-16(7-5-14)20(26)13(2)28-19(25)12-18(24-21(23)27)15-8-10-17(22)11-9-15/h4-11,13,18H,3,12H2,1-2H3,(H3,23,24,27)/t13-,18+/m1/s1. The number of halogens is 1. The van der Waals surface area contributed by atoms with Crippen molar-refractivity contribution in [2.75, 3.05) is 0 Å². The number of primary amides is 1. The van der Waals surface area contributed by atoms with Gasteiger partial charge in [-0.2, -0.15) is 0 Å². The maximum atomic E-state index is 12.5. The normalized spacial score (nSPS) is 12.7. The number of ketones is 1. The molecule has 0 unspecified atom stereocenters. The van der Waals surface area contributed by atoms with Crippen molar-refractivity contribution in [1.82, 2.24) is 5.32 Å². The van der Waals surface area contributed by atoms with Crippen molar-refractivity contribution >= 4 is 29.4 Å². The van der Waals surface area contributed by atoms with Crippen molar-refractivity contribution in [3.05, 3.63) is 70.2 Å². The molecule has 0 saturated carbocycles. The summed E-state index contributed by atoms with van der Waals surface area (Å²) in [6.45, 7) is 3.55. The summed E-state index contributed by atoms with van der Waals surface area (Å²) in [6, 6.07) is 12.4. The van der Waals surface area contributed by atoms with Gasteiger partial charge in [-0.25, -0.2) is 4.79 Å². The molecule has 0 aliphatic carbocycles. The summed E-state index contributed by atoms with van der Waals surface area (Å²) >= 11 is 5.87. The van der Waals surface area contributed by atoms with Gasteiger partial charge in [-0.15, -0.1) is 0 Å². The number of benzene rings is 2. The van der Waals surface area contributed by atoms with E-state index >= 15 is 0 Å². The number of hydrogen-bond donors (Lipinski definition) is 2. The number of carbonyl (C=O) groups is 3. The minimum Gasteiger partial charge on any atom is -0.454 e. The minimum atomic E-state index is -0.945. The molecule has 2 aromatic rings. The van der Waals surface area contributed by atoms with Gasteiger partial charge in [0.1, 0.15) is 0 Å². The van der Waals surface area contributed by atoms with Crippen LogP contribution in [-0.4, -0.2) is 23.9 Å². The maximum absolute atomic E-state index is 12.5. The zero-order chi connectivity index (χ0) is 20.7. The summed E-state index contributed by atoms with van der Waals surface area (Å²) in [6.07, 6.45) is -0.242. The smallest absolute Gasteiger partial charge is 0.312 e. The molecule has 2 aromatic carbocycles. The predicted octanol–water partition coefficient (Wildman–Crippen LogP) is 3.82. The van der Waals surface area contributed by atoms with Crippen molar-refractivity contribution in [2.24, 2.45) is 5.73 Å². The molecule has 0 spiro atoms. The summed E-state index contributed by atoms with van der Waals surface area (Å²) in [7, 11) is 0. The van der Waals surface area contributed by atoms with E-state index in [4.69, 9.17) is 22.1 Å². The highest BCUT2D eigenvalue weighted by molar-refractivity contribution is 6.30. The van der Waals surface area contributed by atoms with Crippen LogP contribution < -0.4 is 11.1 Å². The first kappa shape index (κ1) is 21.4. The van der Waals surface area contributed by atoms with Crippen LogP contribution >= 0.6 is 11.6 Å². The van der Waals surface area contributed by atoms with Crippen LogP contribution in [-0.2, 0) is 16.0 Å². The van der Waals surface area contributed by atoms with Crippen LogP contribution in [0, 0.1) is 0 Å². The Morgan fingerprint density at radius 2 is 1.68 bits per heavy atom. The van der Waals surface area contributed by atoms with E-state index in [0.717, 1.165) is 12.0 Å². The molecule has 28 heavy (non-hydrogen) atoms. The van der Waals surface area contributed by atoms with Gasteiger partial charge >= 0.3 is 12.0 Å². The third-order valence-electron chi connectivity index (χ3n) is 4.28. The average Bonchev–Trinajstić information content (AvgIpc) is 2.67. The van der Waals surface area contributed by atoms with E-state index in [0.29, 0.717) is 16.1 Å². The molecule has 0 aromatic heterocycles. The van der Waals surface area contributed by atoms with Crippen LogP contribution in [0.1, 0.15) is 47.8 Å². The lowest BCUT2D eigenvalue weighted by molar-refractivity contribution is -0.146. The quantitative estimate of drug-likeness (QED) is 0.518. The number of rotatable bonds is 8. The number of ether oxygens (including phenoxy) is 1. The lowest BCUT2D eigenvalue weighted by Crippen LogP contribution is -2.35. The Morgan fingerprint density at radius 1 is 1.07 bits per heavy atom. The summed E-state index contributed by atoms with van der Waals surface area (Å²) in [5.41, 5.74) is 7.44. The van der Waals surface area contributed by atoms with E-state index in [2.05, 4.69) is 5.32 Å². The molecule has 2 rings (SSSR count). The van der Waals surface area contributed by atoms with Gasteiger partial charge in [0.05, 0.1) is 12.5 Å². The van der Waals surface area contributed by atoms with E-state index in [1.807, 2.05) is 19.1 Å². The Kier molecular flexibility index (Phi) is 7.58. The zero-order valence-electron chi connectivity index (χ0n) is 15.8. The third kappa shape index (κ3) is 6.09. The number of hydrogen-bond acceptors (Lipinski definition) is 4. The molecule has 148 valence electrons. The first-order valence-corrected chi connectivity index (χ1v) is 9.32.